The van der Waals surface area contributed by atoms with Crippen molar-refractivity contribution in [3.05, 3.63) is 107 Å². The average molecular weight is 512 g/mol. The molecular formula is C24H17Cl3N6O. The number of hydrogen-bond acceptors (Lipinski definition) is 5. The van der Waals surface area contributed by atoms with Gasteiger partial charge in [-0.1, -0.05) is 65.1 Å². The first-order valence-corrected chi connectivity index (χ1v) is 11.4. The van der Waals surface area contributed by atoms with Crippen molar-refractivity contribution >= 4 is 57.5 Å². The Balaban J connectivity index is 1.56. The van der Waals surface area contributed by atoms with E-state index in [-0.39, 0.29) is 5.56 Å². The Labute approximate surface area is 209 Å². The fourth-order valence-corrected chi connectivity index (χ4v) is 4.39. The molecule has 2 aromatic carbocycles. The first kappa shape index (κ1) is 22.4. The Morgan fingerprint density at radius 1 is 0.912 bits per heavy atom. The van der Waals surface area contributed by atoms with Crippen LogP contribution in [0.2, 0.25) is 0 Å². The van der Waals surface area contributed by atoms with Crippen LogP contribution in [-0.4, -0.2) is 28.1 Å². The Kier molecular flexibility index (Phi) is 6.00. The summed E-state index contributed by atoms with van der Waals surface area (Å²) in [6, 6.07) is 20.7. The summed E-state index contributed by atoms with van der Waals surface area (Å²) in [4.78, 5) is 22.0. The van der Waals surface area contributed by atoms with Crippen LogP contribution >= 0.6 is 34.8 Å². The lowest BCUT2D eigenvalue weighted by Crippen LogP contribution is -2.33. The molecule has 5 aromatic rings. The molecule has 0 spiro atoms. The van der Waals surface area contributed by atoms with E-state index in [0.29, 0.717) is 22.5 Å². The minimum absolute atomic E-state index is 0.301. The van der Waals surface area contributed by atoms with E-state index in [4.69, 9.17) is 34.8 Å². The van der Waals surface area contributed by atoms with E-state index in [1.165, 1.54) is 10.6 Å². The van der Waals surface area contributed by atoms with E-state index in [9.17, 15) is 4.79 Å². The van der Waals surface area contributed by atoms with Crippen LogP contribution < -0.4 is 10.9 Å². The van der Waals surface area contributed by atoms with Crippen LogP contribution in [0.25, 0.3) is 16.7 Å². The molecular weight excluding hydrogens is 495 g/mol. The molecule has 0 fully saturated rings. The third-order valence-corrected chi connectivity index (χ3v) is 5.86. The number of hydrogen-bond donors (Lipinski definition) is 1. The van der Waals surface area contributed by atoms with Crippen molar-refractivity contribution in [3.63, 3.8) is 0 Å². The number of aromatic nitrogens is 5. The highest BCUT2D eigenvalue weighted by Crippen LogP contribution is 2.42. The quantitative estimate of drug-likeness (QED) is 0.307. The molecule has 10 heteroatoms. The lowest BCUT2D eigenvalue weighted by molar-refractivity contribution is 0.591. The summed E-state index contributed by atoms with van der Waals surface area (Å²) >= 11 is 19.1. The van der Waals surface area contributed by atoms with Gasteiger partial charge in [-0.3, -0.25) is 9.36 Å². The van der Waals surface area contributed by atoms with Crippen LogP contribution in [0.3, 0.4) is 0 Å². The summed E-state index contributed by atoms with van der Waals surface area (Å²) in [7, 11) is 0. The maximum atomic E-state index is 13.0. The monoisotopic (exact) mass is 510 g/mol. The van der Waals surface area contributed by atoms with Crippen molar-refractivity contribution in [1.82, 2.24) is 24.3 Å². The van der Waals surface area contributed by atoms with Gasteiger partial charge in [-0.25, -0.2) is 9.67 Å². The van der Waals surface area contributed by atoms with Crippen LogP contribution in [0.15, 0.2) is 96.2 Å². The summed E-state index contributed by atoms with van der Waals surface area (Å²) in [6.45, 7) is 0. The predicted octanol–water partition coefficient (Wildman–Crippen LogP) is 5.68. The van der Waals surface area contributed by atoms with Gasteiger partial charge in [0.1, 0.15) is 11.7 Å². The van der Waals surface area contributed by atoms with Gasteiger partial charge in [-0.15, -0.1) is 0 Å². The van der Waals surface area contributed by atoms with Gasteiger partial charge in [-0.2, -0.15) is 10.1 Å². The van der Waals surface area contributed by atoms with Crippen LogP contribution in [0.4, 0.5) is 11.6 Å². The van der Waals surface area contributed by atoms with Gasteiger partial charge >= 0.3 is 0 Å². The van der Waals surface area contributed by atoms with Crippen molar-refractivity contribution in [2.45, 2.75) is 9.83 Å². The normalized spacial score (nSPS) is 12.6. The minimum Gasteiger partial charge on any atom is -0.324 e. The van der Waals surface area contributed by atoms with Crippen molar-refractivity contribution in [1.29, 1.82) is 0 Å². The SMILES string of the molecule is O=c1ccc2cnc(Nc3ccc(-n4cccn4)cc3)nc2n1C(c1ccccc1)C(Cl)(Cl)Cl. The van der Waals surface area contributed by atoms with Gasteiger partial charge in [-0.05, 0) is 42.0 Å². The van der Waals surface area contributed by atoms with E-state index in [0.717, 1.165) is 11.4 Å². The minimum atomic E-state index is -1.81. The van der Waals surface area contributed by atoms with Crippen LogP contribution in [-0.2, 0) is 0 Å². The fourth-order valence-electron chi connectivity index (χ4n) is 3.72. The molecule has 170 valence electrons. The predicted molar refractivity (Wildman–Crippen MR) is 136 cm³/mol. The first-order valence-electron chi connectivity index (χ1n) is 10.3. The molecule has 0 aliphatic heterocycles. The van der Waals surface area contributed by atoms with E-state index >= 15 is 0 Å². The summed E-state index contributed by atoms with van der Waals surface area (Å²) in [5.41, 5.74) is 2.34. The van der Waals surface area contributed by atoms with Crippen molar-refractivity contribution in [2.75, 3.05) is 5.32 Å². The van der Waals surface area contributed by atoms with E-state index < -0.39 is 9.83 Å². The highest BCUT2D eigenvalue weighted by molar-refractivity contribution is 6.68. The van der Waals surface area contributed by atoms with E-state index in [1.54, 1.807) is 35.3 Å². The van der Waals surface area contributed by atoms with Crippen LogP contribution in [0.5, 0.6) is 0 Å². The summed E-state index contributed by atoms with van der Waals surface area (Å²) in [6.07, 6.45) is 5.20. The van der Waals surface area contributed by atoms with Gasteiger partial charge in [0.15, 0.2) is 0 Å². The molecule has 0 saturated heterocycles. The maximum absolute atomic E-state index is 13.0. The highest BCUT2D eigenvalue weighted by atomic mass is 35.6. The molecule has 0 aliphatic carbocycles. The Morgan fingerprint density at radius 3 is 2.35 bits per heavy atom. The van der Waals surface area contributed by atoms with Gasteiger partial charge < -0.3 is 5.32 Å². The van der Waals surface area contributed by atoms with Gasteiger partial charge in [0.2, 0.25) is 9.74 Å². The van der Waals surface area contributed by atoms with Crippen LogP contribution in [0.1, 0.15) is 11.6 Å². The first-order chi connectivity index (χ1) is 16.4. The number of rotatable bonds is 5. The maximum Gasteiger partial charge on any atom is 0.252 e. The lowest BCUT2D eigenvalue weighted by atomic mass is 10.1. The second-order valence-corrected chi connectivity index (χ2v) is 9.86. The molecule has 1 unspecified atom stereocenters. The summed E-state index contributed by atoms with van der Waals surface area (Å²) < 4.78 is 1.35. The average Bonchev–Trinajstić information content (AvgIpc) is 3.36. The second kappa shape index (κ2) is 9.10. The second-order valence-electron chi connectivity index (χ2n) is 7.49. The largest absolute Gasteiger partial charge is 0.324 e. The van der Waals surface area contributed by atoms with E-state index in [2.05, 4.69) is 20.4 Å². The molecule has 0 amide bonds. The smallest absolute Gasteiger partial charge is 0.252 e. The van der Waals surface area contributed by atoms with Crippen molar-refractivity contribution < 1.29 is 0 Å². The zero-order chi connectivity index (χ0) is 23.7. The van der Waals surface area contributed by atoms with Crippen molar-refractivity contribution in [3.8, 4) is 5.69 Å². The van der Waals surface area contributed by atoms with Gasteiger partial charge in [0.05, 0.1) is 5.69 Å². The number of benzene rings is 2. The molecule has 0 bridgehead atoms. The molecule has 34 heavy (non-hydrogen) atoms. The van der Waals surface area contributed by atoms with Gasteiger partial charge in [0, 0.05) is 35.7 Å². The number of anilines is 2. The molecule has 0 radical (unpaired) electrons. The third kappa shape index (κ3) is 4.50. The number of nitrogens with zero attached hydrogens (tertiary/aromatic N) is 5. The number of fused-ring (bicyclic) bond motifs is 1. The zero-order valence-electron chi connectivity index (χ0n) is 17.5. The molecule has 5 rings (SSSR count). The van der Waals surface area contributed by atoms with Crippen molar-refractivity contribution in [2.24, 2.45) is 0 Å². The van der Waals surface area contributed by atoms with Gasteiger partial charge in [0.25, 0.3) is 5.56 Å². The summed E-state index contributed by atoms with van der Waals surface area (Å²) in [5, 5.41) is 8.02. The molecule has 3 heterocycles. The number of pyridine rings is 1. The molecule has 7 nitrogen and oxygen atoms in total. The standard InChI is InChI=1S/C24H17Cl3N6O/c25-24(26,27)21(16-5-2-1-3-6-16)33-20(34)12-7-17-15-28-23(31-22(17)33)30-18-8-10-19(11-9-18)32-14-4-13-29-32/h1-15,21H,(H,28,30,31). The molecule has 3 aromatic heterocycles. The molecule has 1 atom stereocenters. The highest BCUT2D eigenvalue weighted by Gasteiger charge is 2.37. The Hall–Kier alpha value is -3.39. The molecule has 1 N–H and O–H groups in total. The lowest BCUT2D eigenvalue weighted by Gasteiger charge is -2.27. The third-order valence-electron chi connectivity index (χ3n) is 5.24. The summed E-state index contributed by atoms with van der Waals surface area (Å²) in [5.74, 6) is 0.301. The number of alkyl halides is 3. The number of halogens is 3. The number of nitrogens with one attached hydrogen (secondary N) is 1. The van der Waals surface area contributed by atoms with E-state index in [1.807, 2.05) is 54.7 Å². The topological polar surface area (TPSA) is 77.6 Å². The fraction of sp³-hybridized carbons (Fsp3) is 0.0833. The Bertz CT molecular complexity index is 1480. The molecule has 0 aliphatic rings. The molecule has 0 saturated carbocycles. The van der Waals surface area contributed by atoms with Crippen LogP contribution in [0, 0.1) is 0 Å². The Morgan fingerprint density at radius 2 is 1.68 bits per heavy atom. The zero-order valence-corrected chi connectivity index (χ0v) is 19.8.